The fourth-order valence-electron chi connectivity index (χ4n) is 4.95. The fourth-order valence-corrected chi connectivity index (χ4v) is 4.95. The molecule has 1 fully saturated rings. The lowest BCUT2D eigenvalue weighted by atomic mass is 9.76. The van der Waals surface area contributed by atoms with Crippen molar-refractivity contribution in [1.82, 2.24) is 10.2 Å². The number of hydrogen-bond donors (Lipinski definition) is 2. The molecule has 2 amide bonds. The van der Waals surface area contributed by atoms with Gasteiger partial charge in [-0.15, -0.1) is 6.58 Å². The molecule has 1 heterocycles. The first-order valence-corrected chi connectivity index (χ1v) is 11.5. The van der Waals surface area contributed by atoms with Crippen molar-refractivity contribution in [3.63, 3.8) is 0 Å². The molecule has 0 aromatic heterocycles. The van der Waals surface area contributed by atoms with E-state index in [-0.39, 0.29) is 43.9 Å². The molecule has 4 rings (SSSR count). The highest BCUT2D eigenvalue weighted by Crippen LogP contribution is 2.44. The van der Waals surface area contributed by atoms with Gasteiger partial charge >= 0.3 is 12.1 Å². The number of hydrogen-bond acceptors (Lipinski definition) is 4. The van der Waals surface area contributed by atoms with Crippen molar-refractivity contribution in [2.75, 3.05) is 19.7 Å². The summed E-state index contributed by atoms with van der Waals surface area (Å²) < 4.78 is 5.59. The fraction of sp³-hybridized carbons (Fsp3) is 0.370. The van der Waals surface area contributed by atoms with Crippen LogP contribution in [0.5, 0.6) is 0 Å². The van der Waals surface area contributed by atoms with Crippen LogP contribution >= 0.6 is 0 Å². The van der Waals surface area contributed by atoms with Crippen LogP contribution < -0.4 is 5.32 Å². The molecule has 0 spiro atoms. The number of carbonyl (C=O) groups is 3. The van der Waals surface area contributed by atoms with Crippen LogP contribution in [0, 0.1) is 11.3 Å². The number of likely N-dealkylation sites (tertiary alicyclic amines) is 1. The van der Waals surface area contributed by atoms with Gasteiger partial charge in [0.05, 0.1) is 0 Å². The monoisotopic (exact) mass is 462 g/mol. The van der Waals surface area contributed by atoms with Crippen LogP contribution in [-0.2, 0) is 14.3 Å². The number of benzene rings is 2. The largest absolute Gasteiger partial charge is 0.481 e. The average molecular weight is 463 g/mol. The Labute approximate surface area is 199 Å². The number of ether oxygens (including phenoxy) is 1. The Bertz CT molecular complexity index is 1070. The van der Waals surface area contributed by atoms with Gasteiger partial charge in [0.2, 0.25) is 5.91 Å². The number of allylic oxidation sites excluding steroid dienone is 1. The van der Waals surface area contributed by atoms with Crippen molar-refractivity contribution in [3.05, 3.63) is 72.3 Å². The molecule has 1 aliphatic carbocycles. The first kappa shape index (κ1) is 23.5. The topological polar surface area (TPSA) is 95.9 Å². The molecular formula is C27H30N2O5. The van der Waals surface area contributed by atoms with E-state index in [0.717, 1.165) is 22.3 Å². The molecule has 2 N–H and O–H groups in total. The Hall–Kier alpha value is -3.61. The van der Waals surface area contributed by atoms with Crippen molar-refractivity contribution in [2.24, 2.45) is 11.3 Å². The Morgan fingerprint density at radius 2 is 1.68 bits per heavy atom. The van der Waals surface area contributed by atoms with E-state index in [2.05, 4.69) is 24.0 Å². The normalized spacial score (nSPS) is 16.7. The molecule has 2 aliphatic rings. The zero-order valence-electron chi connectivity index (χ0n) is 19.5. The predicted molar refractivity (Wildman–Crippen MR) is 128 cm³/mol. The summed E-state index contributed by atoms with van der Waals surface area (Å²) in [4.78, 5) is 38.9. The van der Waals surface area contributed by atoms with Gasteiger partial charge in [-0.3, -0.25) is 9.59 Å². The van der Waals surface area contributed by atoms with E-state index in [4.69, 9.17) is 4.74 Å². The molecule has 0 bridgehead atoms. The van der Waals surface area contributed by atoms with Crippen molar-refractivity contribution >= 4 is 18.0 Å². The summed E-state index contributed by atoms with van der Waals surface area (Å²) in [7, 11) is 0. The predicted octanol–water partition coefficient (Wildman–Crippen LogP) is 4.04. The summed E-state index contributed by atoms with van der Waals surface area (Å²) in [6.07, 6.45) is 1.19. The van der Waals surface area contributed by atoms with Crippen molar-refractivity contribution in [1.29, 1.82) is 0 Å². The maximum absolute atomic E-state index is 13.0. The van der Waals surface area contributed by atoms with Gasteiger partial charge in [-0.2, -0.15) is 0 Å². The molecule has 0 unspecified atom stereocenters. The van der Waals surface area contributed by atoms with Crippen LogP contribution in [0.3, 0.4) is 0 Å². The van der Waals surface area contributed by atoms with Gasteiger partial charge in [0.1, 0.15) is 18.1 Å². The smallest absolute Gasteiger partial charge is 0.407 e. The van der Waals surface area contributed by atoms with Gasteiger partial charge in [0, 0.05) is 19.0 Å². The van der Waals surface area contributed by atoms with E-state index in [1.165, 1.54) is 4.90 Å². The Balaban J connectivity index is 1.40. The van der Waals surface area contributed by atoms with Crippen LogP contribution in [0.1, 0.15) is 37.3 Å². The van der Waals surface area contributed by atoms with Gasteiger partial charge in [-0.25, -0.2) is 4.79 Å². The summed E-state index contributed by atoms with van der Waals surface area (Å²) in [6, 6.07) is 15.4. The van der Waals surface area contributed by atoms with Gasteiger partial charge in [0.25, 0.3) is 0 Å². The van der Waals surface area contributed by atoms with E-state index in [1.54, 1.807) is 6.08 Å². The molecule has 0 saturated carbocycles. The second-order valence-electron chi connectivity index (χ2n) is 9.46. The number of fused-ring (bicyclic) bond motifs is 3. The summed E-state index contributed by atoms with van der Waals surface area (Å²) in [5.41, 5.74) is 3.51. The number of carbonyl (C=O) groups excluding carboxylic acids is 2. The van der Waals surface area contributed by atoms with Gasteiger partial charge in [-0.1, -0.05) is 68.5 Å². The number of nitrogens with zero attached hydrogens (tertiary/aromatic N) is 1. The number of rotatable bonds is 8. The van der Waals surface area contributed by atoms with Crippen LogP contribution in [0.25, 0.3) is 11.1 Å². The average Bonchev–Trinajstić information content (AvgIpc) is 3.11. The van der Waals surface area contributed by atoms with Crippen LogP contribution in [0.4, 0.5) is 4.79 Å². The molecule has 7 nitrogen and oxygen atoms in total. The minimum absolute atomic E-state index is 0.0724. The van der Waals surface area contributed by atoms with E-state index < -0.39 is 23.5 Å². The van der Waals surface area contributed by atoms with E-state index in [0.29, 0.717) is 0 Å². The van der Waals surface area contributed by atoms with E-state index >= 15 is 0 Å². The Morgan fingerprint density at radius 3 is 2.18 bits per heavy atom. The highest BCUT2D eigenvalue weighted by atomic mass is 16.5. The van der Waals surface area contributed by atoms with E-state index in [1.807, 2.05) is 50.2 Å². The lowest BCUT2D eigenvalue weighted by Crippen LogP contribution is -2.65. The molecule has 2 aromatic carbocycles. The first-order valence-electron chi connectivity index (χ1n) is 11.5. The molecule has 0 radical (unpaired) electrons. The third kappa shape index (κ3) is 4.18. The highest BCUT2D eigenvalue weighted by molar-refractivity contribution is 5.89. The summed E-state index contributed by atoms with van der Waals surface area (Å²) in [6.45, 7) is 7.65. The number of nitrogens with one attached hydrogen (secondary N) is 1. The summed E-state index contributed by atoms with van der Waals surface area (Å²) >= 11 is 0. The highest BCUT2D eigenvalue weighted by Gasteiger charge is 2.51. The number of carboxylic acids is 1. The number of alkyl carbamates (subject to hydrolysis) is 1. The third-order valence-corrected chi connectivity index (χ3v) is 6.84. The lowest BCUT2D eigenvalue weighted by Gasteiger charge is -2.48. The lowest BCUT2D eigenvalue weighted by molar-refractivity contribution is -0.166. The van der Waals surface area contributed by atoms with Gasteiger partial charge in [0.15, 0.2) is 0 Å². The zero-order chi connectivity index (χ0) is 24.5. The molecule has 7 heteroatoms. The maximum Gasteiger partial charge on any atom is 0.407 e. The molecule has 1 saturated heterocycles. The minimum Gasteiger partial charge on any atom is -0.481 e. The molecule has 2 aromatic rings. The Morgan fingerprint density at radius 1 is 1.12 bits per heavy atom. The second-order valence-corrected chi connectivity index (χ2v) is 9.46. The first-order chi connectivity index (χ1) is 16.3. The Kier molecular flexibility index (Phi) is 6.46. The van der Waals surface area contributed by atoms with Crippen molar-refractivity contribution < 1.29 is 24.2 Å². The third-order valence-electron chi connectivity index (χ3n) is 6.84. The quantitative estimate of drug-likeness (QED) is 0.578. The number of carboxylic acid groups (broad SMARTS) is 1. The maximum atomic E-state index is 13.0. The second kappa shape index (κ2) is 9.33. The van der Waals surface area contributed by atoms with E-state index in [9.17, 15) is 19.5 Å². The number of aliphatic carboxylic acids is 1. The number of amides is 2. The van der Waals surface area contributed by atoms with Gasteiger partial charge < -0.3 is 20.1 Å². The molecule has 34 heavy (non-hydrogen) atoms. The molecule has 178 valence electrons. The molecule has 1 atom stereocenters. The van der Waals surface area contributed by atoms with Crippen LogP contribution in [0.15, 0.2) is 61.2 Å². The summed E-state index contributed by atoms with van der Waals surface area (Å²) in [5, 5.41) is 12.3. The van der Waals surface area contributed by atoms with Gasteiger partial charge in [-0.05, 0) is 34.6 Å². The van der Waals surface area contributed by atoms with Crippen LogP contribution in [-0.4, -0.2) is 53.7 Å². The zero-order valence-corrected chi connectivity index (χ0v) is 19.5. The van der Waals surface area contributed by atoms with Crippen molar-refractivity contribution in [3.8, 4) is 11.1 Å². The van der Waals surface area contributed by atoms with Crippen LogP contribution in [0.2, 0.25) is 0 Å². The minimum atomic E-state index is -0.997. The van der Waals surface area contributed by atoms with Crippen molar-refractivity contribution in [2.45, 2.75) is 32.2 Å². The SMILES string of the molecule is C=CCC1(C(=O)O)CN(C(=O)[C@H](NC(=O)OCC2c3ccccc3-c3ccccc32)C(C)C)C1. The summed E-state index contributed by atoms with van der Waals surface area (Å²) in [5.74, 6) is -1.50. The molecule has 1 aliphatic heterocycles. The standard InChI is InChI=1S/C27H30N2O5/c1-4-13-27(25(31)32)15-29(16-27)24(30)23(17(2)3)28-26(33)34-14-22-20-11-7-5-9-18(20)19-10-6-8-12-21(19)22/h4-12,17,22-23H,1,13-16H2,2-3H3,(H,28,33)(H,31,32)/t23-/m1/s1. The molecular weight excluding hydrogens is 432 g/mol.